The van der Waals surface area contributed by atoms with Crippen LogP contribution in [0.15, 0.2) is 35.4 Å². The molecule has 1 N–H and O–H groups in total. The Kier molecular flexibility index (Phi) is 5.94. The van der Waals surface area contributed by atoms with Crippen LogP contribution in [0.5, 0.6) is 0 Å². The molecule has 2 heterocycles. The van der Waals surface area contributed by atoms with Crippen molar-refractivity contribution in [3.05, 3.63) is 57.0 Å². The van der Waals surface area contributed by atoms with Crippen LogP contribution in [0.1, 0.15) is 47.0 Å². The zero-order valence-corrected chi connectivity index (χ0v) is 17.6. The molecule has 2 aromatic heterocycles. The van der Waals surface area contributed by atoms with Crippen LogP contribution in [0.2, 0.25) is 0 Å². The molecule has 0 unspecified atom stereocenters. The molecule has 0 saturated carbocycles. The van der Waals surface area contributed by atoms with Gasteiger partial charge in [0.15, 0.2) is 0 Å². The minimum Gasteiger partial charge on any atom is -0.462 e. The van der Waals surface area contributed by atoms with Gasteiger partial charge in [-0.3, -0.25) is 14.2 Å². The van der Waals surface area contributed by atoms with Gasteiger partial charge in [0.05, 0.1) is 23.9 Å². The van der Waals surface area contributed by atoms with Gasteiger partial charge in [0.1, 0.15) is 11.4 Å². The first-order valence-electron chi connectivity index (χ1n) is 10.1. The molecule has 0 atom stereocenters. The largest absolute Gasteiger partial charge is 0.462 e. The van der Waals surface area contributed by atoms with Crippen molar-refractivity contribution in [2.45, 2.75) is 45.6 Å². The van der Waals surface area contributed by atoms with E-state index in [1.54, 1.807) is 35.6 Å². The topological polar surface area (TPSA) is 90.3 Å². The molecule has 30 heavy (non-hydrogen) atoms. The fourth-order valence-corrected chi connectivity index (χ4v) is 4.84. The zero-order valence-electron chi connectivity index (χ0n) is 16.8. The smallest absolute Gasteiger partial charge is 0.338 e. The number of esters is 1. The number of hydrogen-bond acceptors (Lipinski definition) is 6. The molecule has 1 aromatic carbocycles. The minimum atomic E-state index is -0.389. The standard InChI is InChI=1S/C22H23N3O4S/c1-2-11-29-22(28)14-7-9-15(10-8-14)24-18(26)12-25-13-23-20-19(21(25)27)16-5-3-4-6-17(16)30-20/h7-10,13H,2-6,11-12H2,1H3,(H,24,26). The Morgan fingerprint density at radius 2 is 1.97 bits per heavy atom. The van der Waals surface area contributed by atoms with Crippen LogP contribution in [-0.2, 0) is 28.9 Å². The number of rotatable bonds is 6. The van der Waals surface area contributed by atoms with Gasteiger partial charge in [-0.05, 0) is 61.9 Å². The molecule has 0 saturated heterocycles. The summed E-state index contributed by atoms with van der Waals surface area (Å²) in [6, 6.07) is 6.48. The van der Waals surface area contributed by atoms with Crippen molar-refractivity contribution in [3.8, 4) is 0 Å². The number of fused-ring (bicyclic) bond motifs is 3. The lowest BCUT2D eigenvalue weighted by molar-refractivity contribution is -0.116. The number of nitrogens with one attached hydrogen (secondary N) is 1. The van der Waals surface area contributed by atoms with Crippen molar-refractivity contribution in [1.29, 1.82) is 0 Å². The molecule has 3 aromatic rings. The van der Waals surface area contributed by atoms with E-state index in [2.05, 4.69) is 10.3 Å². The van der Waals surface area contributed by atoms with Crippen molar-refractivity contribution in [2.75, 3.05) is 11.9 Å². The van der Waals surface area contributed by atoms with Crippen molar-refractivity contribution in [2.24, 2.45) is 0 Å². The number of amides is 1. The van der Waals surface area contributed by atoms with Gasteiger partial charge in [0, 0.05) is 10.6 Å². The maximum Gasteiger partial charge on any atom is 0.338 e. The number of anilines is 1. The van der Waals surface area contributed by atoms with Crippen LogP contribution < -0.4 is 10.9 Å². The summed E-state index contributed by atoms with van der Waals surface area (Å²) in [4.78, 5) is 43.7. The summed E-state index contributed by atoms with van der Waals surface area (Å²) < 4.78 is 6.44. The van der Waals surface area contributed by atoms with Gasteiger partial charge >= 0.3 is 5.97 Å². The van der Waals surface area contributed by atoms with Crippen molar-refractivity contribution >= 4 is 39.1 Å². The molecule has 1 aliphatic rings. The molecule has 156 valence electrons. The third-order valence-corrected chi connectivity index (χ3v) is 6.30. The van der Waals surface area contributed by atoms with Crippen LogP contribution in [0.4, 0.5) is 5.69 Å². The van der Waals surface area contributed by atoms with Crippen LogP contribution in [0.3, 0.4) is 0 Å². The van der Waals surface area contributed by atoms with Crippen LogP contribution in [0, 0.1) is 0 Å². The predicted molar refractivity (Wildman–Crippen MR) is 116 cm³/mol. The Balaban J connectivity index is 1.46. The van der Waals surface area contributed by atoms with Gasteiger partial charge in [0.25, 0.3) is 5.56 Å². The average molecular weight is 426 g/mol. The van der Waals surface area contributed by atoms with Gasteiger partial charge in [-0.2, -0.15) is 0 Å². The molecule has 1 amide bonds. The third-order valence-electron chi connectivity index (χ3n) is 5.10. The summed E-state index contributed by atoms with van der Waals surface area (Å²) in [5.74, 6) is -0.719. The molecule has 0 spiro atoms. The molecule has 8 heteroatoms. The number of hydrogen-bond donors (Lipinski definition) is 1. The summed E-state index contributed by atoms with van der Waals surface area (Å²) >= 11 is 1.59. The molecule has 0 aliphatic heterocycles. The van der Waals surface area contributed by atoms with E-state index in [-0.39, 0.29) is 24.0 Å². The monoisotopic (exact) mass is 425 g/mol. The summed E-state index contributed by atoms with van der Waals surface area (Å²) in [6.45, 7) is 2.18. The highest BCUT2D eigenvalue weighted by Gasteiger charge is 2.20. The highest BCUT2D eigenvalue weighted by atomic mass is 32.1. The van der Waals surface area contributed by atoms with E-state index in [1.165, 1.54) is 15.8 Å². The van der Waals surface area contributed by atoms with Crippen molar-refractivity contribution < 1.29 is 14.3 Å². The number of ether oxygens (including phenoxy) is 1. The molecule has 0 bridgehead atoms. The van der Waals surface area contributed by atoms with Gasteiger partial charge in [0.2, 0.25) is 5.91 Å². The van der Waals surface area contributed by atoms with Gasteiger partial charge < -0.3 is 10.1 Å². The number of aromatic nitrogens is 2. The number of carbonyl (C=O) groups excluding carboxylic acids is 2. The minimum absolute atomic E-state index is 0.118. The Morgan fingerprint density at radius 1 is 1.20 bits per heavy atom. The van der Waals surface area contributed by atoms with Crippen molar-refractivity contribution in [1.82, 2.24) is 9.55 Å². The van der Waals surface area contributed by atoms with E-state index in [1.807, 2.05) is 6.92 Å². The predicted octanol–water partition coefficient (Wildman–Crippen LogP) is 3.54. The van der Waals surface area contributed by atoms with Crippen LogP contribution in [0.25, 0.3) is 10.2 Å². The Hall–Kier alpha value is -3.00. The lowest BCUT2D eigenvalue weighted by atomic mass is 9.97. The summed E-state index contributed by atoms with van der Waals surface area (Å²) in [5.41, 5.74) is 1.92. The summed E-state index contributed by atoms with van der Waals surface area (Å²) in [7, 11) is 0. The molecular weight excluding hydrogens is 402 g/mol. The number of carbonyl (C=O) groups is 2. The first-order valence-corrected chi connectivity index (χ1v) is 10.9. The maximum atomic E-state index is 13.0. The average Bonchev–Trinajstić information content (AvgIpc) is 3.14. The number of thiophene rings is 1. The summed E-state index contributed by atoms with van der Waals surface area (Å²) in [5, 5.41) is 3.42. The molecule has 4 rings (SSSR count). The lowest BCUT2D eigenvalue weighted by Crippen LogP contribution is -2.28. The quantitative estimate of drug-likeness (QED) is 0.610. The van der Waals surface area contributed by atoms with E-state index in [9.17, 15) is 14.4 Å². The van der Waals surface area contributed by atoms with E-state index < -0.39 is 0 Å². The van der Waals surface area contributed by atoms with Crippen LogP contribution >= 0.6 is 11.3 Å². The second kappa shape index (κ2) is 8.79. The fraction of sp³-hybridized carbons (Fsp3) is 0.364. The Labute approximate surface area is 177 Å². The second-order valence-corrected chi connectivity index (χ2v) is 8.41. The number of aryl methyl sites for hydroxylation is 2. The lowest BCUT2D eigenvalue weighted by Gasteiger charge is -2.11. The van der Waals surface area contributed by atoms with E-state index >= 15 is 0 Å². The summed E-state index contributed by atoms with van der Waals surface area (Å²) in [6.07, 6.45) is 6.32. The third kappa shape index (κ3) is 4.14. The fourth-order valence-electron chi connectivity index (χ4n) is 3.62. The SMILES string of the molecule is CCCOC(=O)c1ccc(NC(=O)Cn2cnc3sc4c(c3c2=O)CCCC4)cc1. The highest BCUT2D eigenvalue weighted by molar-refractivity contribution is 7.18. The number of nitrogens with zero attached hydrogens (tertiary/aromatic N) is 2. The molecule has 7 nitrogen and oxygen atoms in total. The molecule has 0 fully saturated rings. The highest BCUT2D eigenvalue weighted by Crippen LogP contribution is 2.33. The second-order valence-electron chi connectivity index (χ2n) is 7.33. The first kappa shape index (κ1) is 20.3. The van der Waals surface area contributed by atoms with E-state index in [4.69, 9.17) is 4.74 Å². The Morgan fingerprint density at radius 3 is 2.73 bits per heavy atom. The van der Waals surface area contributed by atoms with Gasteiger partial charge in [-0.15, -0.1) is 11.3 Å². The zero-order chi connectivity index (χ0) is 21.1. The molecular formula is C22H23N3O4S. The van der Waals surface area contributed by atoms with E-state index in [0.717, 1.165) is 42.5 Å². The molecule has 0 radical (unpaired) electrons. The van der Waals surface area contributed by atoms with Gasteiger partial charge in [-0.25, -0.2) is 9.78 Å². The number of benzene rings is 1. The van der Waals surface area contributed by atoms with Crippen molar-refractivity contribution in [3.63, 3.8) is 0 Å². The van der Waals surface area contributed by atoms with Crippen LogP contribution in [-0.4, -0.2) is 28.0 Å². The van der Waals surface area contributed by atoms with E-state index in [0.29, 0.717) is 23.2 Å². The molecule has 1 aliphatic carbocycles. The normalized spacial score (nSPS) is 13.1. The Bertz CT molecular complexity index is 1150. The maximum absolute atomic E-state index is 13.0. The van der Waals surface area contributed by atoms with Gasteiger partial charge in [-0.1, -0.05) is 6.92 Å². The first-order chi connectivity index (χ1) is 14.6.